The third-order valence-electron chi connectivity index (χ3n) is 8.56. The largest absolute Gasteiger partial charge is 0.394 e. The Balaban J connectivity index is 1.45. The molecular weight excluding hydrogens is 672 g/mol. The first-order chi connectivity index (χ1) is 20.7. The maximum absolute atomic E-state index is 12.1. The summed E-state index contributed by atoms with van der Waals surface area (Å²) in [6.07, 6.45) is -8.21. The van der Waals surface area contributed by atoms with Crippen LogP contribution in [0, 0.1) is 0 Å². The third-order valence-corrected chi connectivity index (χ3v) is 10.4. The van der Waals surface area contributed by atoms with Gasteiger partial charge < -0.3 is 60.7 Å². The molecule has 4 heterocycles. The Kier molecular flexibility index (Phi) is 7.72. The Morgan fingerprint density at radius 2 is 1.39 bits per heavy atom. The molecular formula is C28H30BrClN2O12. The number of aromatic amines is 2. The maximum Gasteiger partial charge on any atom is 0.315 e. The summed E-state index contributed by atoms with van der Waals surface area (Å²) >= 11 is 9.38. The molecule has 0 aliphatic carbocycles. The Morgan fingerprint density at radius 3 is 1.95 bits per heavy atom. The predicted molar refractivity (Wildman–Crippen MR) is 155 cm³/mol. The second-order valence-electron chi connectivity index (χ2n) is 11.0. The van der Waals surface area contributed by atoms with Gasteiger partial charge in [0, 0.05) is 45.3 Å². The molecule has 2 aromatic heterocycles. The van der Waals surface area contributed by atoms with Gasteiger partial charge in [0.2, 0.25) is 5.06 Å². The van der Waals surface area contributed by atoms with E-state index in [1.165, 1.54) is 18.5 Å². The average Bonchev–Trinajstić information content (AvgIpc) is 3.65. The Hall–Kier alpha value is -2.19. The lowest BCUT2D eigenvalue weighted by molar-refractivity contribution is -0.513. The summed E-state index contributed by atoms with van der Waals surface area (Å²) in [6, 6.07) is 13.0. The molecule has 10 atom stereocenters. The van der Waals surface area contributed by atoms with E-state index in [-0.39, 0.29) is 16.5 Å². The maximum atomic E-state index is 12.1. The zero-order valence-corrected chi connectivity index (χ0v) is 24.9. The number of aliphatic hydroxyl groups excluding tert-OH is 5. The number of hydrogen-bond donors (Lipinski definition) is 11. The van der Waals surface area contributed by atoms with E-state index in [0.29, 0.717) is 16.4 Å². The fourth-order valence-electron chi connectivity index (χ4n) is 6.13. The molecule has 0 amide bonds. The summed E-state index contributed by atoms with van der Waals surface area (Å²) in [4.78, 5) is 5.76. The molecule has 0 spiro atoms. The first-order valence-corrected chi connectivity index (χ1v) is 14.6. The van der Waals surface area contributed by atoms with Crippen molar-refractivity contribution >= 4 is 49.3 Å². The van der Waals surface area contributed by atoms with Gasteiger partial charge in [-0.2, -0.15) is 0 Å². The molecule has 0 unspecified atom stereocenters. The van der Waals surface area contributed by atoms with Crippen LogP contribution in [-0.4, -0.2) is 115 Å². The standard InChI is InChI=1S/C28H30BrClN2O12/c29-24(12-34)28(30,41)26(39,16-10-32-18-8-4-2-6-14(16)18)23(37)27(40,44-24)43-22-21(36)25(38,20(35)19(11-33)42-22)15-9-31-17-7-3-1-5-13(15)17/h1-10,19-23,31-41H,11-12H2/t19-,20-,21+,22-,23-,24-,25+,26-,27-,28-/m1/s1. The van der Waals surface area contributed by atoms with Crippen molar-refractivity contribution in [3.63, 3.8) is 0 Å². The van der Waals surface area contributed by atoms with Gasteiger partial charge in [-0.25, -0.2) is 0 Å². The van der Waals surface area contributed by atoms with Crippen LogP contribution in [0.3, 0.4) is 0 Å². The molecule has 14 nitrogen and oxygen atoms in total. The van der Waals surface area contributed by atoms with Gasteiger partial charge in [-0.15, -0.1) is 0 Å². The Labute approximate surface area is 261 Å². The average molecular weight is 702 g/mol. The predicted octanol–water partition coefficient (Wildman–Crippen LogP) is -0.772. The zero-order chi connectivity index (χ0) is 31.9. The van der Waals surface area contributed by atoms with Gasteiger partial charge in [-0.05, 0) is 28.1 Å². The SMILES string of the molecule is OC[C@H]1O[C@H](O[C@@]2(O)O[C@](Br)(CO)[C@](O)(Cl)[C@@](O)(c3c[nH]c4ccccc34)[C@H]2O)[C@H](O)[C@](O)(c2c[nH]c3ccccc23)[C@@H]1O. The van der Waals surface area contributed by atoms with E-state index in [1.807, 2.05) is 0 Å². The highest BCUT2D eigenvalue weighted by atomic mass is 79.9. The Bertz CT molecular complexity index is 1690. The summed E-state index contributed by atoms with van der Waals surface area (Å²) in [5.41, 5.74) is -5.02. The smallest absolute Gasteiger partial charge is 0.315 e. The number of alkyl halides is 2. The third kappa shape index (κ3) is 4.18. The normalized spacial score (nSPS) is 41.4. The summed E-state index contributed by atoms with van der Waals surface area (Å²) in [7, 11) is 0. The lowest BCUT2D eigenvalue weighted by Gasteiger charge is -2.58. The molecule has 2 fully saturated rings. The number of fused-ring (bicyclic) bond motifs is 2. The molecule has 44 heavy (non-hydrogen) atoms. The molecule has 2 aliphatic heterocycles. The van der Waals surface area contributed by atoms with E-state index >= 15 is 0 Å². The van der Waals surface area contributed by atoms with Crippen molar-refractivity contribution in [2.24, 2.45) is 0 Å². The summed E-state index contributed by atoms with van der Waals surface area (Å²) in [5, 5.41) is 99.1. The minimum Gasteiger partial charge on any atom is -0.394 e. The van der Waals surface area contributed by atoms with E-state index in [2.05, 4.69) is 25.9 Å². The molecule has 0 bridgehead atoms. The number of rotatable bonds is 6. The number of H-pyrrole nitrogens is 2. The van der Waals surface area contributed by atoms with Gasteiger partial charge in [0.25, 0.3) is 0 Å². The van der Waals surface area contributed by atoms with Crippen LogP contribution in [0.2, 0.25) is 0 Å². The molecule has 238 valence electrons. The number of benzene rings is 2. The summed E-state index contributed by atoms with van der Waals surface area (Å²) in [6.45, 7) is -2.12. The summed E-state index contributed by atoms with van der Waals surface area (Å²) < 4.78 is 13.8. The highest BCUT2D eigenvalue weighted by Crippen LogP contribution is 2.58. The van der Waals surface area contributed by atoms with Gasteiger partial charge in [-0.1, -0.05) is 48.0 Å². The van der Waals surface area contributed by atoms with E-state index < -0.39 is 70.7 Å². The van der Waals surface area contributed by atoms with Crippen molar-refractivity contribution < 1.29 is 60.2 Å². The minimum atomic E-state index is -3.48. The highest BCUT2D eigenvalue weighted by Gasteiger charge is 2.77. The molecule has 0 radical (unpaired) electrons. The van der Waals surface area contributed by atoms with Crippen LogP contribution in [-0.2, 0) is 25.4 Å². The van der Waals surface area contributed by atoms with Crippen LogP contribution < -0.4 is 0 Å². The van der Waals surface area contributed by atoms with Crippen molar-refractivity contribution in [3.8, 4) is 0 Å². The monoisotopic (exact) mass is 700 g/mol. The first-order valence-electron chi connectivity index (χ1n) is 13.4. The number of ether oxygens (including phenoxy) is 3. The van der Waals surface area contributed by atoms with E-state index in [0.717, 1.165) is 0 Å². The van der Waals surface area contributed by atoms with Crippen LogP contribution in [0.15, 0.2) is 60.9 Å². The Morgan fingerprint density at radius 1 is 0.841 bits per heavy atom. The molecule has 2 aromatic carbocycles. The van der Waals surface area contributed by atoms with Crippen LogP contribution in [0.4, 0.5) is 0 Å². The fraction of sp³-hybridized carbons (Fsp3) is 0.429. The van der Waals surface area contributed by atoms with Gasteiger partial charge in [-0.3, -0.25) is 9.47 Å². The fourth-order valence-corrected chi connectivity index (χ4v) is 6.97. The number of nitrogens with one attached hydrogen (secondary N) is 2. The minimum absolute atomic E-state index is 0.0174. The lowest BCUT2D eigenvalue weighted by Crippen LogP contribution is -2.79. The lowest BCUT2D eigenvalue weighted by atomic mass is 9.76. The van der Waals surface area contributed by atoms with Crippen molar-refractivity contribution in [1.82, 2.24) is 9.97 Å². The molecule has 6 rings (SSSR count). The molecule has 16 heteroatoms. The number of halogens is 2. The van der Waals surface area contributed by atoms with E-state index in [1.54, 1.807) is 42.5 Å². The van der Waals surface area contributed by atoms with Crippen molar-refractivity contribution in [3.05, 3.63) is 72.1 Å². The van der Waals surface area contributed by atoms with Crippen LogP contribution >= 0.6 is 27.5 Å². The first kappa shape index (κ1) is 31.8. The van der Waals surface area contributed by atoms with Crippen LogP contribution in [0.25, 0.3) is 21.8 Å². The van der Waals surface area contributed by atoms with Gasteiger partial charge in [0.05, 0.1) is 13.2 Å². The highest BCUT2D eigenvalue weighted by molar-refractivity contribution is 9.10. The quantitative estimate of drug-likeness (QED) is 0.0878. The zero-order valence-electron chi connectivity index (χ0n) is 22.6. The van der Waals surface area contributed by atoms with E-state index in [9.17, 15) is 46.0 Å². The van der Waals surface area contributed by atoms with E-state index in [4.69, 9.17) is 25.8 Å². The molecule has 2 aliphatic rings. The van der Waals surface area contributed by atoms with Gasteiger partial charge in [0.1, 0.15) is 18.3 Å². The molecule has 2 saturated heterocycles. The number of aromatic nitrogens is 2. The molecule has 0 saturated carbocycles. The molecule has 11 N–H and O–H groups in total. The van der Waals surface area contributed by atoms with Crippen molar-refractivity contribution in [2.75, 3.05) is 13.2 Å². The summed E-state index contributed by atoms with van der Waals surface area (Å²) in [5.74, 6) is -3.48. The number of aliphatic hydroxyl groups is 9. The van der Waals surface area contributed by atoms with Crippen LogP contribution in [0.5, 0.6) is 0 Å². The van der Waals surface area contributed by atoms with Crippen LogP contribution in [0.1, 0.15) is 11.1 Å². The second kappa shape index (κ2) is 10.7. The van der Waals surface area contributed by atoms with Gasteiger partial charge in [0.15, 0.2) is 28.1 Å². The van der Waals surface area contributed by atoms with Gasteiger partial charge >= 0.3 is 5.97 Å². The van der Waals surface area contributed by atoms with Crippen molar-refractivity contribution in [1.29, 1.82) is 0 Å². The number of para-hydroxylation sites is 2. The number of hydrogen-bond acceptors (Lipinski definition) is 12. The topological polar surface area (TPSA) is 241 Å². The van der Waals surface area contributed by atoms with Crippen molar-refractivity contribution in [2.45, 2.75) is 57.5 Å². The molecule has 4 aromatic rings. The second-order valence-corrected chi connectivity index (χ2v) is 12.8.